The number of hydrogen-bond donors (Lipinski definition) is 1. The lowest BCUT2D eigenvalue weighted by molar-refractivity contribution is 0.395. The van der Waals surface area contributed by atoms with Crippen molar-refractivity contribution < 1.29 is 4.39 Å². The fourth-order valence-corrected chi connectivity index (χ4v) is 1.24. The topological polar surface area (TPSA) is 26.0 Å². The monoisotopic (exact) mass is 155 g/mol. The molecule has 0 fully saturated rings. The number of hydrogen-bond acceptors (Lipinski definition) is 1. The van der Waals surface area contributed by atoms with Gasteiger partial charge in [0.2, 0.25) is 0 Å². The summed E-state index contributed by atoms with van der Waals surface area (Å²) >= 11 is 0. The van der Waals surface area contributed by atoms with E-state index in [1.807, 2.05) is 13.8 Å². The first-order valence-corrected chi connectivity index (χ1v) is 3.93. The van der Waals surface area contributed by atoms with Gasteiger partial charge in [0.05, 0.1) is 0 Å². The zero-order chi connectivity index (χ0) is 8.43. The van der Waals surface area contributed by atoms with Crippen molar-refractivity contribution in [2.45, 2.75) is 26.4 Å². The van der Waals surface area contributed by atoms with Crippen LogP contribution in [0.4, 0.5) is 4.39 Å². The molecule has 1 aliphatic carbocycles. The minimum absolute atomic E-state index is 0.324. The van der Waals surface area contributed by atoms with Crippen LogP contribution >= 0.6 is 0 Å². The van der Waals surface area contributed by atoms with Gasteiger partial charge in [0, 0.05) is 12.1 Å². The van der Waals surface area contributed by atoms with Crippen LogP contribution in [0.15, 0.2) is 23.4 Å². The summed E-state index contributed by atoms with van der Waals surface area (Å²) in [6.07, 6.45) is 2.99. The first-order chi connectivity index (χ1) is 5.11. The molecular weight excluding hydrogens is 141 g/mol. The summed E-state index contributed by atoms with van der Waals surface area (Å²) in [7, 11) is 0. The predicted molar refractivity (Wildman–Crippen MR) is 44.7 cm³/mol. The molecule has 0 aromatic heterocycles. The third-order valence-electron chi connectivity index (χ3n) is 1.88. The Morgan fingerprint density at radius 1 is 1.64 bits per heavy atom. The number of allylic oxidation sites excluding steroid dienone is 3. The smallest absolute Gasteiger partial charge is 0.122 e. The van der Waals surface area contributed by atoms with Crippen molar-refractivity contribution in [2.24, 2.45) is 11.7 Å². The maximum atomic E-state index is 12.8. The number of alkyl halides is 1. The Labute approximate surface area is 66.8 Å². The molecule has 0 aliphatic heterocycles. The second kappa shape index (κ2) is 3.07. The highest BCUT2D eigenvalue weighted by Crippen LogP contribution is 2.23. The molecule has 1 rings (SSSR count). The molecule has 0 spiro atoms. The maximum absolute atomic E-state index is 12.8. The van der Waals surface area contributed by atoms with Crippen LogP contribution in [0.5, 0.6) is 0 Å². The Hall–Kier alpha value is -0.790. The van der Waals surface area contributed by atoms with Crippen LogP contribution in [0.1, 0.15) is 20.3 Å². The van der Waals surface area contributed by atoms with E-state index in [0.717, 1.165) is 11.3 Å². The highest BCUT2D eigenvalue weighted by molar-refractivity contribution is 5.33. The van der Waals surface area contributed by atoms with Crippen LogP contribution < -0.4 is 5.73 Å². The van der Waals surface area contributed by atoms with E-state index < -0.39 is 6.17 Å². The van der Waals surface area contributed by atoms with E-state index in [4.69, 9.17) is 5.73 Å². The van der Waals surface area contributed by atoms with Crippen molar-refractivity contribution in [1.29, 1.82) is 0 Å². The minimum Gasteiger partial charge on any atom is -0.399 e. The molecule has 2 heteroatoms. The molecule has 0 saturated heterocycles. The summed E-state index contributed by atoms with van der Waals surface area (Å²) in [6.45, 7) is 4.04. The molecule has 0 heterocycles. The molecule has 11 heavy (non-hydrogen) atoms. The summed E-state index contributed by atoms with van der Waals surface area (Å²) in [6, 6.07) is 0. The van der Waals surface area contributed by atoms with Crippen LogP contribution in [-0.4, -0.2) is 6.17 Å². The molecule has 1 aliphatic rings. The fourth-order valence-electron chi connectivity index (χ4n) is 1.24. The third kappa shape index (κ3) is 1.82. The van der Waals surface area contributed by atoms with Crippen molar-refractivity contribution in [2.75, 3.05) is 0 Å². The molecule has 0 aromatic carbocycles. The molecule has 1 nitrogen and oxygen atoms in total. The van der Waals surface area contributed by atoms with E-state index in [0.29, 0.717) is 12.3 Å². The van der Waals surface area contributed by atoms with Crippen LogP contribution in [0.25, 0.3) is 0 Å². The van der Waals surface area contributed by atoms with Gasteiger partial charge in [-0.05, 0) is 17.6 Å². The maximum Gasteiger partial charge on any atom is 0.122 e. The Balaban J connectivity index is 2.81. The second-order valence-corrected chi connectivity index (χ2v) is 3.19. The lowest BCUT2D eigenvalue weighted by atomic mass is 9.94. The SMILES string of the molecule is CC(C)C1=CC(F)CC=C1N. The van der Waals surface area contributed by atoms with Crippen LogP contribution in [0, 0.1) is 5.92 Å². The van der Waals surface area contributed by atoms with Gasteiger partial charge in [0.15, 0.2) is 0 Å². The van der Waals surface area contributed by atoms with Gasteiger partial charge in [-0.2, -0.15) is 0 Å². The highest BCUT2D eigenvalue weighted by Gasteiger charge is 2.14. The molecule has 0 saturated carbocycles. The molecule has 62 valence electrons. The van der Waals surface area contributed by atoms with E-state index >= 15 is 0 Å². The van der Waals surface area contributed by atoms with Gasteiger partial charge in [-0.15, -0.1) is 0 Å². The molecule has 1 unspecified atom stereocenters. The third-order valence-corrected chi connectivity index (χ3v) is 1.88. The van der Waals surface area contributed by atoms with Gasteiger partial charge >= 0.3 is 0 Å². The highest BCUT2D eigenvalue weighted by atomic mass is 19.1. The number of halogens is 1. The van der Waals surface area contributed by atoms with Crippen LogP contribution in [0.2, 0.25) is 0 Å². The molecule has 1 atom stereocenters. The summed E-state index contributed by atoms with van der Waals surface area (Å²) in [5, 5.41) is 0. The van der Waals surface area contributed by atoms with E-state index in [9.17, 15) is 4.39 Å². The van der Waals surface area contributed by atoms with Gasteiger partial charge in [-0.3, -0.25) is 0 Å². The van der Waals surface area contributed by atoms with Crippen LogP contribution in [-0.2, 0) is 0 Å². The van der Waals surface area contributed by atoms with Gasteiger partial charge in [0.25, 0.3) is 0 Å². The average Bonchev–Trinajstić information content (AvgIpc) is 1.94. The Bertz CT molecular complexity index is 204. The van der Waals surface area contributed by atoms with E-state index in [1.54, 1.807) is 12.2 Å². The largest absolute Gasteiger partial charge is 0.399 e. The minimum atomic E-state index is -0.834. The van der Waals surface area contributed by atoms with Crippen molar-refractivity contribution in [3.63, 3.8) is 0 Å². The lowest BCUT2D eigenvalue weighted by Gasteiger charge is -2.17. The summed E-state index contributed by atoms with van der Waals surface area (Å²) in [5.74, 6) is 0.324. The molecule has 0 bridgehead atoms. The molecular formula is C9H14FN. The number of nitrogens with two attached hydrogens (primary N) is 1. The Morgan fingerprint density at radius 3 is 2.73 bits per heavy atom. The van der Waals surface area contributed by atoms with Gasteiger partial charge < -0.3 is 5.73 Å². The van der Waals surface area contributed by atoms with Gasteiger partial charge in [-0.25, -0.2) is 4.39 Å². The quantitative estimate of drug-likeness (QED) is 0.617. The molecule has 0 aromatic rings. The fraction of sp³-hybridized carbons (Fsp3) is 0.556. The molecule has 2 N–H and O–H groups in total. The second-order valence-electron chi connectivity index (χ2n) is 3.19. The molecule has 0 radical (unpaired) electrons. The summed E-state index contributed by atoms with van der Waals surface area (Å²) < 4.78 is 12.8. The average molecular weight is 155 g/mol. The zero-order valence-corrected chi connectivity index (χ0v) is 6.97. The van der Waals surface area contributed by atoms with Crippen molar-refractivity contribution in [1.82, 2.24) is 0 Å². The zero-order valence-electron chi connectivity index (χ0n) is 6.97. The first kappa shape index (κ1) is 8.31. The van der Waals surface area contributed by atoms with E-state index in [2.05, 4.69) is 0 Å². The summed E-state index contributed by atoms with van der Waals surface area (Å²) in [5.41, 5.74) is 7.36. The van der Waals surface area contributed by atoms with Crippen molar-refractivity contribution >= 4 is 0 Å². The normalized spacial score (nSPS) is 24.9. The summed E-state index contributed by atoms with van der Waals surface area (Å²) in [4.78, 5) is 0. The van der Waals surface area contributed by atoms with E-state index in [1.165, 1.54) is 0 Å². The van der Waals surface area contributed by atoms with Crippen molar-refractivity contribution in [3.05, 3.63) is 23.4 Å². The standard InChI is InChI=1S/C9H14FN/c1-6(2)8-5-7(10)3-4-9(8)11/h4-7H,3,11H2,1-2H3. The number of rotatable bonds is 1. The molecule has 0 amide bonds. The Morgan fingerprint density at radius 2 is 2.27 bits per heavy atom. The van der Waals surface area contributed by atoms with Crippen LogP contribution in [0.3, 0.4) is 0 Å². The van der Waals surface area contributed by atoms with Gasteiger partial charge in [-0.1, -0.05) is 19.9 Å². The van der Waals surface area contributed by atoms with Crippen molar-refractivity contribution in [3.8, 4) is 0 Å². The van der Waals surface area contributed by atoms with Gasteiger partial charge in [0.1, 0.15) is 6.17 Å². The van der Waals surface area contributed by atoms with E-state index in [-0.39, 0.29) is 0 Å². The Kier molecular flexibility index (Phi) is 2.32. The first-order valence-electron chi connectivity index (χ1n) is 3.93. The predicted octanol–water partition coefficient (Wildman–Crippen LogP) is 2.15. The lowest BCUT2D eigenvalue weighted by Crippen LogP contribution is -2.13.